The molecule has 1 atom stereocenters. The van der Waals surface area contributed by atoms with Crippen molar-refractivity contribution in [2.24, 2.45) is 5.92 Å². The second kappa shape index (κ2) is 3.64. The van der Waals surface area contributed by atoms with Crippen LogP contribution in [-0.2, 0) is 0 Å². The summed E-state index contributed by atoms with van der Waals surface area (Å²) < 4.78 is 0. The fourth-order valence-corrected chi connectivity index (χ4v) is 0.285. The third-order valence-electron chi connectivity index (χ3n) is 1.17. The van der Waals surface area contributed by atoms with Crippen LogP contribution in [0.15, 0.2) is 12.2 Å². The minimum atomic E-state index is -0.0261. The first-order valence-electron chi connectivity index (χ1n) is 2.61. The summed E-state index contributed by atoms with van der Waals surface area (Å²) in [6, 6.07) is 0. The molecular formula is C6H12O2. The van der Waals surface area contributed by atoms with E-state index in [1.807, 2.05) is 6.92 Å². The van der Waals surface area contributed by atoms with Crippen molar-refractivity contribution in [1.29, 1.82) is 0 Å². The van der Waals surface area contributed by atoms with E-state index in [9.17, 15) is 0 Å². The zero-order chi connectivity index (χ0) is 6.57. The summed E-state index contributed by atoms with van der Waals surface area (Å²) in [6.45, 7) is 5.39. The first kappa shape index (κ1) is 7.66. The van der Waals surface area contributed by atoms with Crippen LogP contribution >= 0.6 is 0 Å². The van der Waals surface area contributed by atoms with Crippen molar-refractivity contribution in [3.05, 3.63) is 12.2 Å². The molecule has 0 aliphatic carbocycles. The van der Waals surface area contributed by atoms with Gasteiger partial charge in [0.2, 0.25) is 0 Å². The van der Waals surface area contributed by atoms with Crippen molar-refractivity contribution >= 4 is 0 Å². The lowest BCUT2D eigenvalue weighted by atomic mass is 10.1. The molecule has 0 heterocycles. The summed E-state index contributed by atoms with van der Waals surface area (Å²) in [7, 11) is 0. The summed E-state index contributed by atoms with van der Waals surface area (Å²) in [5, 5.41) is 16.9. The molecule has 0 aromatic heterocycles. The van der Waals surface area contributed by atoms with Crippen LogP contribution in [0.3, 0.4) is 0 Å². The molecule has 8 heavy (non-hydrogen) atoms. The van der Waals surface area contributed by atoms with E-state index in [0.717, 1.165) is 0 Å². The molecule has 2 N–H and O–H groups in total. The highest BCUT2D eigenvalue weighted by Gasteiger charge is 2.01. The van der Waals surface area contributed by atoms with Gasteiger partial charge in [-0.25, -0.2) is 0 Å². The average Bonchev–Trinajstić information content (AvgIpc) is 1.84. The lowest BCUT2D eigenvalue weighted by Gasteiger charge is -2.06. The van der Waals surface area contributed by atoms with E-state index in [1.54, 1.807) is 0 Å². The molecule has 2 heteroatoms. The summed E-state index contributed by atoms with van der Waals surface area (Å²) in [6.07, 6.45) is 0. The Labute approximate surface area is 49.5 Å². The Morgan fingerprint density at radius 3 is 2.25 bits per heavy atom. The monoisotopic (exact) mass is 116 g/mol. The van der Waals surface area contributed by atoms with Crippen molar-refractivity contribution in [2.75, 3.05) is 13.2 Å². The Morgan fingerprint density at radius 2 is 2.12 bits per heavy atom. The molecule has 0 saturated carbocycles. The van der Waals surface area contributed by atoms with Gasteiger partial charge in [0.1, 0.15) is 0 Å². The Morgan fingerprint density at radius 1 is 1.62 bits per heavy atom. The normalized spacial score (nSPS) is 13.4. The van der Waals surface area contributed by atoms with Gasteiger partial charge in [-0.3, -0.25) is 0 Å². The van der Waals surface area contributed by atoms with E-state index in [2.05, 4.69) is 6.58 Å². The largest absolute Gasteiger partial charge is 0.396 e. The third-order valence-corrected chi connectivity index (χ3v) is 1.17. The van der Waals surface area contributed by atoms with Crippen molar-refractivity contribution in [3.63, 3.8) is 0 Å². The number of hydrogen-bond acceptors (Lipinski definition) is 2. The maximum absolute atomic E-state index is 8.46. The van der Waals surface area contributed by atoms with Crippen molar-refractivity contribution in [2.45, 2.75) is 6.92 Å². The molecule has 0 radical (unpaired) electrons. The van der Waals surface area contributed by atoms with Crippen LogP contribution in [0.1, 0.15) is 6.92 Å². The van der Waals surface area contributed by atoms with Crippen molar-refractivity contribution < 1.29 is 10.2 Å². The quantitative estimate of drug-likeness (QED) is 0.516. The van der Waals surface area contributed by atoms with Gasteiger partial charge in [-0.05, 0) is 5.57 Å². The maximum atomic E-state index is 8.46. The van der Waals surface area contributed by atoms with E-state index in [0.29, 0.717) is 5.57 Å². The van der Waals surface area contributed by atoms with Crippen LogP contribution in [0.4, 0.5) is 0 Å². The predicted molar refractivity (Wildman–Crippen MR) is 32.5 cm³/mol. The Balaban J connectivity index is 3.46. The minimum absolute atomic E-state index is 0.0261. The molecule has 0 aliphatic heterocycles. The molecule has 0 fully saturated rings. The molecule has 0 aromatic carbocycles. The second-order valence-electron chi connectivity index (χ2n) is 1.90. The van der Waals surface area contributed by atoms with Gasteiger partial charge in [0.15, 0.2) is 0 Å². The molecule has 0 saturated heterocycles. The highest BCUT2D eigenvalue weighted by atomic mass is 16.3. The summed E-state index contributed by atoms with van der Waals surface area (Å²) in [5.41, 5.74) is 0.688. The van der Waals surface area contributed by atoms with Crippen LogP contribution in [0, 0.1) is 5.92 Å². The summed E-state index contributed by atoms with van der Waals surface area (Å²) >= 11 is 0. The van der Waals surface area contributed by atoms with E-state index in [-0.39, 0.29) is 19.1 Å². The van der Waals surface area contributed by atoms with Crippen LogP contribution in [0.25, 0.3) is 0 Å². The van der Waals surface area contributed by atoms with E-state index >= 15 is 0 Å². The zero-order valence-corrected chi connectivity index (χ0v) is 5.09. The molecule has 1 unspecified atom stereocenters. The Hall–Kier alpha value is -0.340. The summed E-state index contributed by atoms with van der Waals surface area (Å²) in [4.78, 5) is 0. The molecule has 0 rings (SSSR count). The van der Waals surface area contributed by atoms with Crippen LogP contribution in [-0.4, -0.2) is 23.4 Å². The van der Waals surface area contributed by atoms with E-state index in [1.165, 1.54) is 0 Å². The molecule has 0 bridgehead atoms. The van der Waals surface area contributed by atoms with Gasteiger partial charge in [-0.2, -0.15) is 0 Å². The minimum Gasteiger partial charge on any atom is -0.396 e. The predicted octanol–water partition coefficient (Wildman–Crippen LogP) is 0.163. The number of aliphatic hydroxyl groups excluding tert-OH is 2. The highest BCUT2D eigenvalue weighted by Crippen LogP contribution is 2.03. The van der Waals surface area contributed by atoms with E-state index < -0.39 is 0 Å². The van der Waals surface area contributed by atoms with E-state index in [4.69, 9.17) is 10.2 Å². The second-order valence-corrected chi connectivity index (χ2v) is 1.90. The topological polar surface area (TPSA) is 40.5 Å². The lowest BCUT2D eigenvalue weighted by Crippen LogP contribution is -2.06. The molecule has 0 aromatic rings. The fraction of sp³-hybridized carbons (Fsp3) is 0.667. The number of aliphatic hydroxyl groups is 2. The molecule has 2 nitrogen and oxygen atoms in total. The van der Waals surface area contributed by atoms with Crippen LogP contribution in [0.5, 0.6) is 0 Å². The smallest absolute Gasteiger partial charge is 0.0642 e. The molecule has 48 valence electrons. The summed E-state index contributed by atoms with van der Waals surface area (Å²) in [5.74, 6) is 0.0278. The van der Waals surface area contributed by atoms with Gasteiger partial charge >= 0.3 is 0 Å². The lowest BCUT2D eigenvalue weighted by molar-refractivity contribution is 0.237. The molecule has 0 aliphatic rings. The maximum Gasteiger partial charge on any atom is 0.0642 e. The van der Waals surface area contributed by atoms with Crippen LogP contribution in [0.2, 0.25) is 0 Å². The van der Waals surface area contributed by atoms with Crippen molar-refractivity contribution in [3.8, 4) is 0 Å². The standard InChI is InChI=1S/C6H12O2/c1-5(3-7)6(2)4-8/h6-8H,1,3-4H2,2H3. The van der Waals surface area contributed by atoms with Gasteiger partial charge in [0.05, 0.1) is 6.61 Å². The van der Waals surface area contributed by atoms with Gasteiger partial charge in [0.25, 0.3) is 0 Å². The van der Waals surface area contributed by atoms with Gasteiger partial charge < -0.3 is 10.2 Å². The van der Waals surface area contributed by atoms with Gasteiger partial charge in [-0.15, -0.1) is 0 Å². The number of rotatable bonds is 3. The van der Waals surface area contributed by atoms with Gasteiger partial charge in [-0.1, -0.05) is 13.5 Å². The number of hydrogen-bond donors (Lipinski definition) is 2. The average molecular weight is 116 g/mol. The molecule has 0 spiro atoms. The molecular weight excluding hydrogens is 104 g/mol. The van der Waals surface area contributed by atoms with Crippen molar-refractivity contribution in [1.82, 2.24) is 0 Å². The Kier molecular flexibility index (Phi) is 3.48. The zero-order valence-electron chi connectivity index (χ0n) is 5.09. The van der Waals surface area contributed by atoms with Gasteiger partial charge in [0, 0.05) is 12.5 Å². The van der Waals surface area contributed by atoms with Crippen LogP contribution < -0.4 is 0 Å². The SMILES string of the molecule is C=C(CO)C(C)CO. The fourth-order valence-electron chi connectivity index (χ4n) is 0.285. The Bertz CT molecular complexity index is 78.6. The highest BCUT2D eigenvalue weighted by molar-refractivity contribution is 4.98. The molecule has 0 amide bonds. The first-order valence-corrected chi connectivity index (χ1v) is 2.61. The third kappa shape index (κ3) is 2.09. The first-order chi connectivity index (χ1) is 3.72.